The molecule has 0 radical (unpaired) electrons. The summed E-state index contributed by atoms with van der Waals surface area (Å²) in [5.74, 6) is 1.04. The van der Waals surface area contributed by atoms with Crippen LogP contribution in [0.4, 0.5) is 0 Å². The van der Waals surface area contributed by atoms with Crippen LogP contribution < -0.4 is 11.1 Å². The summed E-state index contributed by atoms with van der Waals surface area (Å²) in [5.41, 5.74) is 7.98. The zero-order valence-electron chi connectivity index (χ0n) is 14.2. The molecule has 1 atom stereocenters. The second-order valence-corrected chi connectivity index (χ2v) is 6.29. The fraction of sp³-hybridized carbons (Fsp3) is 0.529. The molecule has 1 heterocycles. The maximum absolute atomic E-state index is 11.9. The Morgan fingerprint density at radius 3 is 2.52 bits per heavy atom. The number of benzene rings is 1. The lowest BCUT2D eigenvalue weighted by Crippen LogP contribution is -2.44. The van der Waals surface area contributed by atoms with Crippen molar-refractivity contribution in [1.82, 2.24) is 14.9 Å². The van der Waals surface area contributed by atoms with E-state index >= 15 is 0 Å². The number of amides is 1. The lowest BCUT2D eigenvalue weighted by Gasteiger charge is -2.16. The van der Waals surface area contributed by atoms with Crippen LogP contribution in [0.5, 0.6) is 0 Å². The SMILES string of the molecule is CC(C)[C@H](N)C(=O)NCCc1nc2ccccc2n1C(C)C.Cl. The highest BCUT2D eigenvalue weighted by Crippen LogP contribution is 2.20. The predicted octanol–water partition coefficient (Wildman–Crippen LogP) is 2.68. The number of nitrogens with two attached hydrogens (primary N) is 1. The van der Waals surface area contributed by atoms with Crippen LogP contribution in [0, 0.1) is 5.92 Å². The Bertz CT molecular complexity index is 651. The molecule has 2 aromatic rings. The summed E-state index contributed by atoms with van der Waals surface area (Å²) in [6.07, 6.45) is 0.698. The Kier molecular flexibility index (Phi) is 7.03. The van der Waals surface area contributed by atoms with Crippen molar-refractivity contribution in [2.45, 2.75) is 46.2 Å². The van der Waals surface area contributed by atoms with E-state index in [9.17, 15) is 4.79 Å². The van der Waals surface area contributed by atoms with Crippen LogP contribution in [0.25, 0.3) is 11.0 Å². The van der Waals surface area contributed by atoms with Crippen molar-refractivity contribution in [2.24, 2.45) is 11.7 Å². The highest BCUT2D eigenvalue weighted by molar-refractivity contribution is 5.85. The van der Waals surface area contributed by atoms with E-state index in [1.807, 2.05) is 32.0 Å². The molecule has 0 saturated heterocycles. The Morgan fingerprint density at radius 2 is 1.91 bits per heavy atom. The lowest BCUT2D eigenvalue weighted by atomic mass is 10.1. The third kappa shape index (κ3) is 4.45. The minimum atomic E-state index is -0.455. The first kappa shape index (κ1) is 19.5. The van der Waals surface area contributed by atoms with Gasteiger partial charge in [-0.3, -0.25) is 4.79 Å². The van der Waals surface area contributed by atoms with Gasteiger partial charge in [0.05, 0.1) is 17.1 Å². The van der Waals surface area contributed by atoms with E-state index < -0.39 is 6.04 Å². The molecule has 3 N–H and O–H groups in total. The van der Waals surface area contributed by atoms with E-state index in [1.54, 1.807) is 0 Å². The number of aromatic nitrogens is 2. The van der Waals surface area contributed by atoms with Crippen molar-refractivity contribution in [3.63, 3.8) is 0 Å². The number of para-hydroxylation sites is 2. The summed E-state index contributed by atoms with van der Waals surface area (Å²) in [6.45, 7) is 8.73. The number of rotatable bonds is 6. The number of fused-ring (bicyclic) bond motifs is 1. The second kappa shape index (κ2) is 8.31. The Morgan fingerprint density at radius 1 is 1.26 bits per heavy atom. The summed E-state index contributed by atoms with van der Waals surface area (Å²) in [7, 11) is 0. The number of carbonyl (C=O) groups is 1. The van der Waals surface area contributed by atoms with Gasteiger partial charge in [-0.2, -0.15) is 0 Å². The molecule has 1 amide bonds. The van der Waals surface area contributed by atoms with Crippen molar-refractivity contribution in [3.8, 4) is 0 Å². The summed E-state index contributed by atoms with van der Waals surface area (Å²) in [4.78, 5) is 16.6. The quantitative estimate of drug-likeness (QED) is 0.850. The van der Waals surface area contributed by atoms with Crippen molar-refractivity contribution in [1.29, 1.82) is 0 Å². The van der Waals surface area contributed by atoms with E-state index in [2.05, 4.69) is 29.8 Å². The normalized spacial score (nSPS) is 12.5. The molecule has 0 aliphatic heterocycles. The molecule has 0 aliphatic rings. The van der Waals surface area contributed by atoms with Gasteiger partial charge in [-0.15, -0.1) is 12.4 Å². The fourth-order valence-corrected chi connectivity index (χ4v) is 2.57. The molecule has 0 saturated carbocycles. The van der Waals surface area contributed by atoms with Crippen LogP contribution in [0.1, 0.15) is 39.6 Å². The first-order valence-electron chi connectivity index (χ1n) is 7.91. The minimum Gasteiger partial charge on any atom is -0.354 e. The van der Waals surface area contributed by atoms with Gasteiger partial charge >= 0.3 is 0 Å². The van der Waals surface area contributed by atoms with E-state index in [0.29, 0.717) is 19.0 Å². The average molecular weight is 339 g/mol. The standard InChI is InChI=1S/C17H26N4O.ClH/c1-11(2)16(18)17(22)19-10-9-15-20-13-7-5-6-8-14(13)21(15)12(3)4;/h5-8,11-12,16H,9-10,18H2,1-4H3,(H,19,22);1H/t16-;/m0./s1. The molecule has 23 heavy (non-hydrogen) atoms. The third-order valence-electron chi connectivity index (χ3n) is 3.85. The lowest BCUT2D eigenvalue weighted by molar-refractivity contribution is -0.123. The summed E-state index contributed by atoms with van der Waals surface area (Å²) < 4.78 is 2.23. The molecule has 5 nitrogen and oxygen atoms in total. The highest BCUT2D eigenvalue weighted by Gasteiger charge is 2.17. The number of hydrogen-bond acceptors (Lipinski definition) is 3. The fourth-order valence-electron chi connectivity index (χ4n) is 2.57. The van der Waals surface area contributed by atoms with Crippen LogP contribution >= 0.6 is 12.4 Å². The van der Waals surface area contributed by atoms with Crippen molar-refractivity contribution in [3.05, 3.63) is 30.1 Å². The van der Waals surface area contributed by atoms with Gasteiger partial charge in [0.25, 0.3) is 0 Å². The molecular weight excluding hydrogens is 312 g/mol. The van der Waals surface area contributed by atoms with Crippen LogP contribution in [0.2, 0.25) is 0 Å². The van der Waals surface area contributed by atoms with Crippen LogP contribution in [0.3, 0.4) is 0 Å². The molecule has 0 unspecified atom stereocenters. The van der Waals surface area contributed by atoms with Gasteiger partial charge < -0.3 is 15.6 Å². The average Bonchev–Trinajstić information content (AvgIpc) is 2.84. The van der Waals surface area contributed by atoms with E-state index in [-0.39, 0.29) is 24.2 Å². The van der Waals surface area contributed by atoms with Gasteiger partial charge in [-0.05, 0) is 31.9 Å². The molecule has 1 aromatic carbocycles. The molecule has 1 aromatic heterocycles. The van der Waals surface area contributed by atoms with Crippen molar-refractivity contribution < 1.29 is 4.79 Å². The molecular formula is C17H27ClN4O. The summed E-state index contributed by atoms with van der Waals surface area (Å²) in [6, 6.07) is 7.99. The second-order valence-electron chi connectivity index (χ2n) is 6.29. The first-order valence-corrected chi connectivity index (χ1v) is 7.91. The van der Waals surface area contributed by atoms with Gasteiger partial charge in [0.2, 0.25) is 5.91 Å². The van der Waals surface area contributed by atoms with Gasteiger partial charge in [0, 0.05) is 19.0 Å². The molecule has 2 rings (SSSR count). The molecule has 128 valence electrons. The number of nitrogens with one attached hydrogen (secondary N) is 1. The number of carbonyl (C=O) groups excluding carboxylic acids is 1. The number of nitrogens with zero attached hydrogens (tertiary/aromatic N) is 2. The molecule has 0 fully saturated rings. The molecule has 6 heteroatoms. The number of imidazole rings is 1. The number of halogens is 1. The van der Waals surface area contributed by atoms with Crippen molar-refractivity contribution in [2.75, 3.05) is 6.54 Å². The number of hydrogen-bond donors (Lipinski definition) is 2. The van der Waals surface area contributed by atoms with E-state index in [1.165, 1.54) is 0 Å². The topological polar surface area (TPSA) is 72.9 Å². The Labute approximate surface area is 144 Å². The molecule has 0 spiro atoms. The van der Waals surface area contributed by atoms with E-state index in [4.69, 9.17) is 10.7 Å². The highest BCUT2D eigenvalue weighted by atomic mass is 35.5. The summed E-state index contributed by atoms with van der Waals surface area (Å²) >= 11 is 0. The third-order valence-corrected chi connectivity index (χ3v) is 3.85. The van der Waals surface area contributed by atoms with Gasteiger partial charge in [0.1, 0.15) is 5.82 Å². The van der Waals surface area contributed by atoms with Gasteiger partial charge in [0.15, 0.2) is 0 Å². The van der Waals surface area contributed by atoms with E-state index in [0.717, 1.165) is 16.9 Å². The van der Waals surface area contributed by atoms with Crippen LogP contribution in [-0.2, 0) is 11.2 Å². The zero-order valence-corrected chi connectivity index (χ0v) is 15.1. The van der Waals surface area contributed by atoms with Crippen LogP contribution in [0.15, 0.2) is 24.3 Å². The zero-order chi connectivity index (χ0) is 16.3. The van der Waals surface area contributed by atoms with Crippen LogP contribution in [-0.4, -0.2) is 28.0 Å². The Balaban J connectivity index is 0.00000264. The maximum Gasteiger partial charge on any atom is 0.237 e. The molecule has 0 bridgehead atoms. The van der Waals surface area contributed by atoms with Gasteiger partial charge in [-0.25, -0.2) is 4.98 Å². The van der Waals surface area contributed by atoms with Crippen molar-refractivity contribution >= 4 is 29.3 Å². The monoisotopic (exact) mass is 338 g/mol. The Hall–Kier alpha value is -1.59. The first-order chi connectivity index (χ1) is 10.4. The molecule has 0 aliphatic carbocycles. The minimum absolute atomic E-state index is 0. The largest absolute Gasteiger partial charge is 0.354 e. The predicted molar refractivity (Wildman–Crippen MR) is 96.9 cm³/mol. The smallest absolute Gasteiger partial charge is 0.237 e. The maximum atomic E-state index is 11.9. The summed E-state index contributed by atoms with van der Waals surface area (Å²) in [5, 5.41) is 2.91. The van der Waals surface area contributed by atoms with Gasteiger partial charge in [-0.1, -0.05) is 26.0 Å².